The molecule has 0 radical (unpaired) electrons. The number of nitro groups is 1. The van der Waals surface area contributed by atoms with Crippen LogP contribution in [0, 0.1) is 10.1 Å². The molecule has 0 saturated carbocycles. The van der Waals surface area contributed by atoms with Gasteiger partial charge in [0, 0.05) is 16.7 Å². The molecule has 12 heteroatoms. The number of nitro benzene ring substituents is 1. The van der Waals surface area contributed by atoms with Crippen LogP contribution in [-0.4, -0.2) is 23.5 Å². The average Bonchev–Trinajstić information content (AvgIpc) is 3.09. The second-order valence-electron chi connectivity index (χ2n) is 5.19. The molecule has 0 atom stereocenters. The Kier molecular flexibility index (Phi) is 5.42. The molecule has 0 spiro atoms. The highest BCUT2D eigenvalue weighted by atomic mass is 35.5. The van der Waals surface area contributed by atoms with Crippen LogP contribution in [0.1, 0.15) is 5.89 Å². The topological polar surface area (TPSA) is 128 Å². The molecule has 27 heavy (non-hydrogen) atoms. The van der Waals surface area contributed by atoms with Crippen molar-refractivity contribution in [2.24, 2.45) is 0 Å². The number of halogens is 2. The number of benzene rings is 2. The van der Waals surface area contributed by atoms with E-state index in [9.17, 15) is 18.5 Å². The summed E-state index contributed by atoms with van der Waals surface area (Å²) in [6.07, 6.45) is 0. The number of hydrogen-bond acceptors (Lipinski definition) is 7. The Morgan fingerprint density at radius 1 is 1.15 bits per heavy atom. The molecule has 1 aromatic heterocycles. The van der Waals surface area contributed by atoms with Crippen LogP contribution in [0.3, 0.4) is 0 Å². The fraction of sp³-hybridized carbons (Fsp3) is 0.0667. The van der Waals surface area contributed by atoms with E-state index in [1.54, 1.807) is 24.3 Å². The fourth-order valence-corrected chi connectivity index (χ4v) is 3.98. The molecule has 0 unspecified atom stereocenters. The van der Waals surface area contributed by atoms with E-state index in [4.69, 9.17) is 27.7 Å². The van der Waals surface area contributed by atoms with Crippen molar-refractivity contribution in [1.29, 1.82) is 0 Å². The molecular weight excluding hydrogens is 419 g/mol. The molecule has 0 amide bonds. The largest absolute Gasteiger partial charge is 0.338 e. The lowest BCUT2D eigenvalue weighted by Crippen LogP contribution is -2.24. The van der Waals surface area contributed by atoms with E-state index in [0.29, 0.717) is 10.6 Å². The van der Waals surface area contributed by atoms with E-state index in [1.165, 1.54) is 12.1 Å². The maximum absolute atomic E-state index is 12.5. The van der Waals surface area contributed by atoms with Crippen LogP contribution >= 0.6 is 23.2 Å². The molecule has 1 heterocycles. The monoisotopic (exact) mass is 428 g/mol. The molecule has 0 bridgehead atoms. The SMILES string of the molecule is O=[N+]([O-])c1cccc(Cl)c1S(=O)(=O)NCc1nc(-c2ccc(Cl)cc2)no1. The number of rotatable bonds is 6. The van der Waals surface area contributed by atoms with Gasteiger partial charge in [0.2, 0.25) is 21.7 Å². The van der Waals surface area contributed by atoms with Crippen LogP contribution in [0.15, 0.2) is 51.9 Å². The highest BCUT2D eigenvalue weighted by molar-refractivity contribution is 7.89. The third-order valence-electron chi connectivity index (χ3n) is 3.40. The van der Waals surface area contributed by atoms with Gasteiger partial charge >= 0.3 is 0 Å². The van der Waals surface area contributed by atoms with E-state index in [-0.39, 0.29) is 23.3 Å². The Morgan fingerprint density at radius 3 is 2.52 bits per heavy atom. The average molecular weight is 429 g/mol. The Labute approximate surface area is 163 Å². The Balaban J connectivity index is 1.81. The highest BCUT2D eigenvalue weighted by Gasteiger charge is 2.29. The standard InChI is InChI=1S/C15H10Cl2N4O5S/c16-10-6-4-9(5-7-10)15-19-13(26-20-15)8-18-27(24,25)14-11(17)2-1-3-12(14)21(22)23/h1-7,18H,8H2. The van der Waals surface area contributed by atoms with Crippen LogP contribution in [-0.2, 0) is 16.6 Å². The Morgan fingerprint density at radius 2 is 1.85 bits per heavy atom. The molecule has 0 saturated heterocycles. The van der Waals surface area contributed by atoms with Crippen LogP contribution in [0.4, 0.5) is 5.69 Å². The minimum atomic E-state index is -4.29. The maximum atomic E-state index is 12.5. The zero-order chi connectivity index (χ0) is 19.6. The summed E-state index contributed by atoms with van der Waals surface area (Å²) >= 11 is 11.7. The lowest BCUT2D eigenvalue weighted by molar-refractivity contribution is -0.387. The normalized spacial score (nSPS) is 11.5. The predicted octanol–water partition coefficient (Wildman–Crippen LogP) is 3.43. The molecule has 9 nitrogen and oxygen atoms in total. The van der Waals surface area contributed by atoms with Gasteiger partial charge < -0.3 is 4.52 Å². The van der Waals surface area contributed by atoms with Gasteiger partial charge in [-0.15, -0.1) is 0 Å². The van der Waals surface area contributed by atoms with E-state index in [2.05, 4.69) is 14.9 Å². The predicted molar refractivity (Wildman–Crippen MR) is 96.9 cm³/mol. The molecule has 3 aromatic rings. The third-order valence-corrected chi connectivity index (χ3v) is 5.57. The van der Waals surface area contributed by atoms with Crippen molar-refractivity contribution in [3.63, 3.8) is 0 Å². The van der Waals surface area contributed by atoms with Crippen LogP contribution in [0.25, 0.3) is 11.4 Å². The summed E-state index contributed by atoms with van der Waals surface area (Å²) in [6.45, 7) is -0.370. The first-order chi connectivity index (χ1) is 12.8. The van der Waals surface area contributed by atoms with Gasteiger partial charge in [0.25, 0.3) is 5.69 Å². The van der Waals surface area contributed by atoms with Crippen molar-refractivity contribution in [3.8, 4) is 11.4 Å². The fourth-order valence-electron chi connectivity index (χ4n) is 2.18. The van der Waals surface area contributed by atoms with Crippen molar-refractivity contribution in [1.82, 2.24) is 14.9 Å². The number of sulfonamides is 1. The Bertz CT molecular complexity index is 1100. The first kappa shape index (κ1) is 19.2. The molecule has 0 aliphatic heterocycles. The molecule has 140 valence electrons. The van der Waals surface area contributed by atoms with Gasteiger partial charge in [0.15, 0.2) is 4.90 Å². The van der Waals surface area contributed by atoms with Gasteiger partial charge in [0.1, 0.15) is 0 Å². The van der Waals surface area contributed by atoms with Crippen molar-refractivity contribution >= 4 is 38.9 Å². The van der Waals surface area contributed by atoms with E-state index < -0.39 is 25.5 Å². The summed E-state index contributed by atoms with van der Waals surface area (Å²) in [6, 6.07) is 10.2. The number of aromatic nitrogens is 2. The van der Waals surface area contributed by atoms with Crippen LogP contribution < -0.4 is 4.72 Å². The van der Waals surface area contributed by atoms with Gasteiger partial charge in [-0.1, -0.05) is 34.4 Å². The molecule has 0 aliphatic rings. The summed E-state index contributed by atoms with van der Waals surface area (Å²) in [5.74, 6) is 0.211. The second-order valence-corrected chi connectivity index (χ2v) is 7.74. The molecular formula is C15H10Cl2N4O5S. The molecule has 0 aliphatic carbocycles. The molecule has 2 aromatic carbocycles. The quantitative estimate of drug-likeness (QED) is 0.470. The van der Waals surface area contributed by atoms with Gasteiger partial charge in [-0.2, -0.15) is 4.98 Å². The van der Waals surface area contributed by atoms with Gasteiger partial charge in [-0.3, -0.25) is 10.1 Å². The molecule has 3 rings (SSSR count). The number of nitrogens with zero attached hydrogens (tertiary/aromatic N) is 3. The second kappa shape index (κ2) is 7.61. The number of hydrogen-bond donors (Lipinski definition) is 1. The van der Waals surface area contributed by atoms with E-state index in [0.717, 1.165) is 6.07 Å². The van der Waals surface area contributed by atoms with E-state index in [1.807, 2.05) is 0 Å². The van der Waals surface area contributed by atoms with Crippen molar-refractivity contribution in [2.75, 3.05) is 0 Å². The Hall–Kier alpha value is -2.53. The molecule has 0 fully saturated rings. The zero-order valence-electron chi connectivity index (χ0n) is 13.3. The number of nitrogens with one attached hydrogen (secondary N) is 1. The van der Waals surface area contributed by atoms with Gasteiger partial charge in [-0.05, 0) is 30.3 Å². The smallest absolute Gasteiger partial charge is 0.290 e. The van der Waals surface area contributed by atoms with Gasteiger partial charge in [-0.25, -0.2) is 13.1 Å². The highest BCUT2D eigenvalue weighted by Crippen LogP contribution is 2.30. The summed E-state index contributed by atoms with van der Waals surface area (Å²) in [5, 5.41) is 15.1. The summed E-state index contributed by atoms with van der Waals surface area (Å²) < 4.78 is 32.1. The lowest BCUT2D eigenvalue weighted by Gasteiger charge is -2.07. The van der Waals surface area contributed by atoms with Crippen molar-refractivity contribution < 1.29 is 17.9 Å². The van der Waals surface area contributed by atoms with E-state index >= 15 is 0 Å². The minimum absolute atomic E-state index is 0.0294. The van der Waals surface area contributed by atoms with Crippen LogP contribution in [0.2, 0.25) is 10.0 Å². The first-order valence-electron chi connectivity index (χ1n) is 7.29. The van der Waals surface area contributed by atoms with Crippen molar-refractivity contribution in [3.05, 3.63) is 68.5 Å². The maximum Gasteiger partial charge on any atom is 0.290 e. The third kappa shape index (κ3) is 4.25. The first-order valence-corrected chi connectivity index (χ1v) is 9.53. The summed E-state index contributed by atoms with van der Waals surface area (Å²) in [5.41, 5.74) is -0.0126. The van der Waals surface area contributed by atoms with Gasteiger partial charge in [0.05, 0.1) is 16.5 Å². The summed E-state index contributed by atoms with van der Waals surface area (Å²) in [7, 11) is -4.29. The van der Waals surface area contributed by atoms with Crippen LogP contribution in [0.5, 0.6) is 0 Å². The summed E-state index contributed by atoms with van der Waals surface area (Å²) in [4.78, 5) is 13.7. The zero-order valence-corrected chi connectivity index (χ0v) is 15.6. The molecule has 1 N–H and O–H groups in total. The van der Waals surface area contributed by atoms with Crippen molar-refractivity contribution in [2.45, 2.75) is 11.4 Å². The minimum Gasteiger partial charge on any atom is -0.338 e. The lowest BCUT2D eigenvalue weighted by atomic mass is 10.2.